The molecule has 0 unspecified atom stereocenters. The molecule has 1 atom stereocenters. The van der Waals surface area contributed by atoms with E-state index in [0.29, 0.717) is 11.5 Å². The first-order valence-corrected chi connectivity index (χ1v) is 9.18. The highest BCUT2D eigenvalue weighted by atomic mass is 32.1. The number of amides is 1. The molecule has 2 N–H and O–H groups in total. The zero-order valence-electron chi connectivity index (χ0n) is 14.4. The van der Waals surface area contributed by atoms with Gasteiger partial charge in [-0.25, -0.2) is 9.97 Å². The molecule has 0 fully saturated rings. The van der Waals surface area contributed by atoms with Gasteiger partial charge in [0.15, 0.2) is 5.69 Å². The number of carbonyl (C=O) groups is 1. The number of nitrogens with zero attached hydrogens (tertiary/aromatic N) is 4. The topological polar surface area (TPSA) is 88.0 Å². The molecule has 0 spiro atoms. The van der Waals surface area contributed by atoms with E-state index < -0.39 is 0 Å². The van der Waals surface area contributed by atoms with Crippen molar-refractivity contribution in [3.05, 3.63) is 59.1 Å². The van der Waals surface area contributed by atoms with E-state index in [1.54, 1.807) is 23.6 Å². The van der Waals surface area contributed by atoms with Gasteiger partial charge in [-0.2, -0.15) is 5.10 Å². The summed E-state index contributed by atoms with van der Waals surface area (Å²) in [4.78, 5) is 23.6. The molecule has 4 aromatic rings. The molecule has 0 aliphatic rings. The summed E-state index contributed by atoms with van der Waals surface area (Å²) in [6, 6.07) is 7.49. The molecule has 7 nitrogen and oxygen atoms in total. The molecule has 0 aliphatic carbocycles. The number of rotatable bonds is 5. The molecule has 1 amide bonds. The summed E-state index contributed by atoms with van der Waals surface area (Å²) in [6.07, 6.45) is 6.19. The van der Waals surface area contributed by atoms with Crippen LogP contribution in [-0.4, -0.2) is 30.5 Å². The number of thiophene rings is 1. The van der Waals surface area contributed by atoms with Gasteiger partial charge in [-0.3, -0.25) is 14.3 Å². The van der Waals surface area contributed by atoms with E-state index in [4.69, 9.17) is 0 Å². The number of aromatic nitrogens is 5. The maximum Gasteiger partial charge on any atom is 0.272 e. The summed E-state index contributed by atoms with van der Waals surface area (Å²) in [5.74, 6) is 0.392. The van der Waals surface area contributed by atoms with Crippen LogP contribution in [0.15, 0.2) is 42.9 Å². The molecule has 0 saturated carbocycles. The number of aromatic amines is 1. The van der Waals surface area contributed by atoms with Crippen molar-refractivity contribution in [1.82, 2.24) is 29.9 Å². The fraction of sp³-hybridized carbons (Fsp3) is 0.222. The highest BCUT2D eigenvalue weighted by Crippen LogP contribution is 2.26. The van der Waals surface area contributed by atoms with Crippen LogP contribution in [0.1, 0.15) is 40.4 Å². The van der Waals surface area contributed by atoms with Crippen molar-refractivity contribution in [3.8, 4) is 10.6 Å². The maximum absolute atomic E-state index is 12.6. The lowest BCUT2D eigenvalue weighted by Gasteiger charge is -2.13. The van der Waals surface area contributed by atoms with Crippen molar-refractivity contribution in [2.45, 2.75) is 26.3 Å². The fourth-order valence-electron chi connectivity index (χ4n) is 2.78. The molecule has 4 heterocycles. The molecule has 26 heavy (non-hydrogen) atoms. The van der Waals surface area contributed by atoms with E-state index >= 15 is 0 Å². The molecule has 0 radical (unpaired) electrons. The monoisotopic (exact) mass is 366 g/mol. The average molecular weight is 366 g/mol. The third-order valence-corrected chi connectivity index (χ3v) is 5.18. The van der Waals surface area contributed by atoms with Gasteiger partial charge in [-0.15, -0.1) is 11.3 Å². The molecular weight excluding hydrogens is 348 g/mol. The molecule has 132 valence electrons. The predicted molar refractivity (Wildman–Crippen MR) is 100 cm³/mol. The van der Waals surface area contributed by atoms with Crippen molar-refractivity contribution in [1.29, 1.82) is 0 Å². The van der Waals surface area contributed by atoms with Crippen LogP contribution >= 0.6 is 11.3 Å². The first kappa shape index (κ1) is 16.5. The van der Waals surface area contributed by atoms with Gasteiger partial charge < -0.3 is 5.32 Å². The Balaban J connectivity index is 1.53. The Morgan fingerprint density at radius 3 is 3.04 bits per heavy atom. The van der Waals surface area contributed by atoms with Gasteiger partial charge >= 0.3 is 0 Å². The van der Waals surface area contributed by atoms with E-state index in [9.17, 15) is 4.79 Å². The van der Waals surface area contributed by atoms with Gasteiger partial charge in [0.05, 0.1) is 22.3 Å². The van der Waals surface area contributed by atoms with Gasteiger partial charge in [0.1, 0.15) is 0 Å². The first-order chi connectivity index (χ1) is 12.6. The summed E-state index contributed by atoms with van der Waals surface area (Å²) < 4.78 is 1.84. The first-order valence-electron chi connectivity index (χ1n) is 8.36. The second-order valence-corrected chi connectivity index (χ2v) is 7.29. The molecule has 0 aromatic carbocycles. The molecule has 0 bridgehead atoms. The van der Waals surface area contributed by atoms with Crippen molar-refractivity contribution in [2.75, 3.05) is 0 Å². The number of hydrogen-bond donors (Lipinski definition) is 2. The Kier molecular flexibility index (Phi) is 4.26. The summed E-state index contributed by atoms with van der Waals surface area (Å²) in [6.45, 7) is 4.06. The third-order valence-electron chi connectivity index (χ3n) is 4.14. The fourth-order valence-corrected chi connectivity index (χ4v) is 3.61. The Hall–Kier alpha value is -3.00. The average Bonchev–Trinajstić information content (AvgIpc) is 3.37. The Morgan fingerprint density at radius 2 is 2.31 bits per heavy atom. The van der Waals surface area contributed by atoms with Crippen molar-refractivity contribution >= 4 is 23.0 Å². The second kappa shape index (κ2) is 6.72. The van der Waals surface area contributed by atoms with Crippen LogP contribution in [0, 0.1) is 6.92 Å². The molecule has 4 rings (SSSR count). The van der Waals surface area contributed by atoms with Crippen molar-refractivity contribution in [2.24, 2.45) is 0 Å². The second-order valence-electron chi connectivity index (χ2n) is 6.00. The Bertz CT molecular complexity index is 1030. The third kappa shape index (κ3) is 3.11. The SMILES string of the molecule is CC[C@H](NC(=O)c1cc(-c2ccc(C)s2)[nH]n1)c1cn2cccnc2n1. The maximum atomic E-state index is 12.6. The van der Waals surface area contributed by atoms with E-state index in [0.717, 1.165) is 22.7 Å². The number of H-pyrrole nitrogens is 1. The highest BCUT2D eigenvalue weighted by molar-refractivity contribution is 7.15. The number of carbonyl (C=O) groups excluding carboxylic acids is 1. The Labute approximate surface area is 154 Å². The molecule has 4 aromatic heterocycles. The number of aryl methyl sites for hydroxylation is 1. The van der Waals surface area contributed by atoms with E-state index in [2.05, 4.69) is 25.5 Å². The smallest absolute Gasteiger partial charge is 0.272 e. The van der Waals surface area contributed by atoms with Crippen LogP contribution in [-0.2, 0) is 0 Å². The highest BCUT2D eigenvalue weighted by Gasteiger charge is 2.19. The van der Waals surface area contributed by atoms with Crippen LogP contribution in [0.25, 0.3) is 16.3 Å². The van der Waals surface area contributed by atoms with E-state index in [1.807, 2.05) is 48.8 Å². The molecule has 0 saturated heterocycles. The van der Waals surface area contributed by atoms with Gasteiger partial charge in [-0.1, -0.05) is 6.92 Å². The zero-order valence-corrected chi connectivity index (χ0v) is 15.2. The molecular formula is C18H18N6OS. The standard InChI is InChI=1S/C18H18N6OS/c1-3-12(15-10-24-8-4-7-19-18(24)21-15)20-17(25)14-9-13(22-23-14)16-6-5-11(2)26-16/h4-10,12H,3H2,1-2H3,(H,20,25)(H,22,23)/t12-/m0/s1. The molecule has 0 aliphatic heterocycles. The number of fused-ring (bicyclic) bond motifs is 1. The van der Waals surface area contributed by atoms with Crippen LogP contribution in [0.3, 0.4) is 0 Å². The lowest BCUT2D eigenvalue weighted by Crippen LogP contribution is -2.28. The minimum absolute atomic E-state index is 0.201. The van der Waals surface area contributed by atoms with E-state index in [1.165, 1.54) is 4.88 Å². The largest absolute Gasteiger partial charge is 0.342 e. The van der Waals surface area contributed by atoms with Crippen LogP contribution in [0.2, 0.25) is 0 Å². The summed E-state index contributed by atoms with van der Waals surface area (Å²) in [5, 5.41) is 10.1. The lowest BCUT2D eigenvalue weighted by molar-refractivity contribution is 0.0929. The summed E-state index contributed by atoms with van der Waals surface area (Å²) in [7, 11) is 0. The van der Waals surface area contributed by atoms with Crippen LogP contribution in [0.5, 0.6) is 0 Å². The predicted octanol–water partition coefficient (Wildman–Crippen LogP) is 3.37. The normalized spacial score (nSPS) is 12.4. The Morgan fingerprint density at radius 1 is 1.42 bits per heavy atom. The van der Waals surface area contributed by atoms with Gasteiger partial charge in [0, 0.05) is 23.5 Å². The van der Waals surface area contributed by atoms with Crippen LogP contribution < -0.4 is 5.32 Å². The van der Waals surface area contributed by atoms with Crippen molar-refractivity contribution < 1.29 is 4.79 Å². The zero-order chi connectivity index (χ0) is 18.1. The lowest BCUT2D eigenvalue weighted by atomic mass is 10.1. The number of hydrogen-bond acceptors (Lipinski definition) is 5. The minimum Gasteiger partial charge on any atom is -0.342 e. The van der Waals surface area contributed by atoms with E-state index in [-0.39, 0.29) is 11.9 Å². The molecule has 8 heteroatoms. The van der Waals surface area contributed by atoms with Gasteiger partial charge in [-0.05, 0) is 37.6 Å². The number of imidazole rings is 1. The van der Waals surface area contributed by atoms with Crippen molar-refractivity contribution in [3.63, 3.8) is 0 Å². The van der Waals surface area contributed by atoms with Crippen LogP contribution in [0.4, 0.5) is 0 Å². The summed E-state index contributed by atoms with van der Waals surface area (Å²) in [5.41, 5.74) is 1.99. The van der Waals surface area contributed by atoms with Gasteiger partial charge in [0.25, 0.3) is 5.91 Å². The number of nitrogens with one attached hydrogen (secondary N) is 2. The summed E-state index contributed by atoms with van der Waals surface area (Å²) >= 11 is 1.66. The van der Waals surface area contributed by atoms with Gasteiger partial charge in [0.2, 0.25) is 5.78 Å². The quantitative estimate of drug-likeness (QED) is 0.567. The minimum atomic E-state index is -0.224.